The second-order valence-corrected chi connectivity index (χ2v) is 5.40. The quantitative estimate of drug-likeness (QED) is 0.814. The molecule has 1 aromatic rings. The van der Waals surface area contributed by atoms with Gasteiger partial charge in [0.05, 0.1) is 6.42 Å². The molecule has 0 aliphatic heterocycles. The number of nitrogen functional groups attached to an aromatic ring is 1. The molecule has 3 N–H and O–H groups in total. The number of anilines is 1. The van der Waals surface area contributed by atoms with Crippen LogP contribution in [0.4, 0.5) is 5.69 Å². The van der Waals surface area contributed by atoms with Gasteiger partial charge in [0.15, 0.2) is 0 Å². The van der Waals surface area contributed by atoms with Crippen molar-refractivity contribution in [1.82, 2.24) is 4.90 Å². The second-order valence-electron chi connectivity index (χ2n) is 5.40. The fourth-order valence-corrected chi connectivity index (χ4v) is 1.78. The van der Waals surface area contributed by atoms with Crippen LogP contribution in [0.1, 0.15) is 37.6 Å². The SMILES string of the molecule is CC(C)(C)N(CCC(=O)O)C(=O)c1cccc(N)c1. The first-order chi connectivity index (χ1) is 8.71. The summed E-state index contributed by atoms with van der Waals surface area (Å²) in [5, 5.41) is 8.77. The summed E-state index contributed by atoms with van der Waals surface area (Å²) in [4.78, 5) is 24.7. The highest BCUT2D eigenvalue weighted by Gasteiger charge is 2.27. The van der Waals surface area contributed by atoms with Crippen LogP contribution in [0, 0.1) is 0 Å². The van der Waals surface area contributed by atoms with Crippen LogP contribution < -0.4 is 5.73 Å². The molecule has 0 aliphatic rings. The molecule has 0 radical (unpaired) electrons. The Labute approximate surface area is 113 Å². The van der Waals surface area contributed by atoms with E-state index in [0.717, 1.165) is 0 Å². The minimum atomic E-state index is -0.922. The Bertz CT molecular complexity index is 478. The van der Waals surface area contributed by atoms with Crippen LogP contribution in [-0.4, -0.2) is 34.0 Å². The molecule has 0 saturated heterocycles. The molecule has 1 rings (SSSR count). The first-order valence-corrected chi connectivity index (χ1v) is 6.11. The van der Waals surface area contributed by atoms with E-state index in [9.17, 15) is 9.59 Å². The predicted octanol–water partition coefficient (Wildman–Crippen LogP) is 1.98. The molecule has 5 heteroatoms. The summed E-state index contributed by atoms with van der Waals surface area (Å²) in [5.41, 5.74) is 6.20. The number of aliphatic carboxylic acids is 1. The monoisotopic (exact) mass is 264 g/mol. The van der Waals surface area contributed by atoms with E-state index in [1.165, 1.54) is 0 Å². The highest BCUT2D eigenvalue weighted by Crippen LogP contribution is 2.19. The zero-order chi connectivity index (χ0) is 14.6. The largest absolute Gasteiger partial charge is 0.481 e. The third-order valence-electron chi connectivity index (χ3n) is 2.74. The summed E-state index contributed by atoms with van der Waals surface area (Å²) in [6, 6.07) is 6.69. The molecule has 5 nitrogen and oxygen atoms in total. The van der Waals surface area contributed by atoms with Crippen molar-refractivity contribution in [3.05, 3.63) is 29.8 Å². The van der Waals surface area contributed by atoms with Crippen LogP contribution in [0.2, 0.25) is 0 Å². The number of rotatable bonds is 4. The summed E-state index contributed by atoms with van der Waals surface area (Å²) < 4.78 is 0. The summed E-state index contributed by atoms with van der Waals surface area (Å²) >= 11 is 0. The van der Waals surface area contributed by atoms with Crippen molar-refractivity contribution in [3.63, 3.8) is 0 Å². The molecule has 0 aromatic heterocycles. The van der Waals surface area contributed by atoms with Crippen molar-refractivity contribution < 1.29 is 14.7 Å². The summed E-state index contributed by atoms with van der Waals surface area (Å²) in [6.07, 6.45) is -0.0780. The Balaban J connectivity index is 2.97. The maximum Gasteiger partial charge on any atom is 0.305 e. The van der Waals surface area contributed by atoms with E-state index >= 15 is 0 Å². The van der Waals surface area contributed by atoms with E-state index < -0.39 is 11.5 Å². The van der Waals surface area contributed by atoms with Crippen molar-refractivity contribution >= 4 is 17.6 Å². The fourth-order valence-electron chi connectivity index (χ4n) is 1.78. The van der Waals surface area contributed by atoms with Crippen molar-refractivity contribution in [3.8, 4) is 0 Å². The van der Waals surface area contributed by atoms with E-state index in [4.69, 9.17) is 10.8 Å². The van der Waals surface area contributed by atoms with E-state index in [1.807, 2.05) is 20.8 Å². The molecule has 0 spiro atoms. The molecule has 0 aliphatic carbocycles. The minimum Gasteiger partial charge on any atom is -0.481 e. The van der Waals surface area contributed by atoms with Gasteiger partial charge in [-0.2, -0.15) is 0 Å². The van der Waals surface area contributed by atoms with Gasteiger partial charge < -0.3 is 15.7 Å². The first kappa shape index (κ1) is 15.0. The van der Waals surface area contributed by atoms with Gasteiger partial charge in [0.2, 0.25) is 0 Å². The van der Waals surface area contributed by atoms with Crippen molar-refractivity contribution in [2.45, 2.75) is 32.7 Å². The topological polar surface area (TPSA) is 83.6 Å². The Hall–Kier alpha value is -2.04. The number of benzene rings is 1. The fraction of sp³-hybridized carbons (Fsp3) is 0.429. The number of hydrogen-bond acceptors (Lipinski definition) is 3. The molecule has 0 saturated carbocycles. The second kappa shape index (κ2) is 5.73. The van der Waals surface area contributed by atoms with Crippen molar-refractivity contribution in [1.29, 1.82) is 0 Å². The van der Waals surface area contributed by atoms with Crippen LogP contribution in [0.15, 0.2) is 24.3 Å². The third kappa shape index (κ3) is 4.28. The third-order valence-corrected chi connectivity index (χ3v) is 2.74. The smallest absolute Gasteiger partial charge is 0.305 e. The van der Waals surface area contributed by atoms with Crippen LogP contribution >= 0.6 is 0 Å². The standard InChI is InChI=1S/C14H20N2O3/c1-14(2,3)16(8-7-12(17)18)13(19)10-5-4-6-11(15)9-10/h4-6,9H,7-8,15H2,1-3H3,(H,17,18). The average molecular weight is 264 g/mol. The summed E-state index contributed by atoms with van der Waals surface area (Å²) in [5.74, 6) is -1.13. The van der Waals surface area contributed by atoms with Gasteiger partial charge in [-0.1, -0.05) is 6.07 Å². The molecule has 0 atom stereocenters. The zero-order valence-electron chi connectivity index (χ0n) is 11.5. The van der Waals surface area contributed by atoms with E-state index in [2.05, 4.69) is 0 Å². The van der Waals surface area contributed by atoms with E-state index in [1.54, 1.807) is 29.2 Å². The van der Waals surface area contributed by atoms with Crippen molar-refractivity contribution in [2.75, 3.05) is 12.3 Å². The highest BCUT2D eigenvalue weighted by atomic mass is 16.4. The van der Waals surface area contributed by atoms with Gasteiger partial charge in [0.1, 0.15) is 0 Å². The van der Waals surface area contributed by atoms with Crippen LogP contribution in [-0.2, 0) is 4.79 Å². The van der Waals surface area contributed by atoms with Crippen molar-refractivity contribution in [2.24, 2.45) is 0 Å². The number of carbonyl (C=O) groups is 2. The molecule has 1 amide bonds. The first-order valence-electron chi connectivity index (χ1n) is 6.11. The molecule has 0 unspecified atom stereocenters. The lowest BCUT2D eigenvalue weighted by molar-refractivity contribution is -0.137. The van der Waals surface area contributed by atoms with Gasteiger partial charge in [-0.3, -0.25) is 9.59 Å². The van der Waals surface area contributed by atoms with E-state index in [0.29, 0.717) is 11.3 Å². The molecule has 104 valence electrons. The molecular formula is C14H20N2O3. The lowest BCUT2D eigenvalue weighted by Crippen LogP contribution is -2.46. The Morgan fingerprint density at radius 2 is 1.95 bits per heavy atom. The van der Waals surface area contributed by atoms with Gasteiger partial charge in [-0.05, 0) is 39.0 Å². The van der Waals surface area contributed by atoms with Gasteiger partial charge in [0.25, 0.3) is 5.91 Å². The lowest BCUT2D eigenvalue weighted by Gasteiger charge is -2.35. The number of carbonyl (C=O) groups excluding carboxylic acids is 1. The molecule has 1 aromatic carbocycles. The Morgan fingerprint density at radius 3 is 2.42 bits per heavy atom. The lowest BCUT2D eigenvalue weighted by atomic mass is 10.0. The molecule has 0 bridgehead atoms. The molecule has 19 heavy (non-hydrogen) atoms. The number of carboxylic acid groups (broad SMARTS) is 1. The summed E-state index contributed by atoms with van der Waals surface area (Å²) in [6.45, 7) is 5.80. The maximum atomic E-state index is 12.4. The number of amides is 1. The van der Waals surface area contributed by atoms with Gasteiger partial charge >= 0.3 is 5.97 Å². The maximum absolute atomic E-state index is 12.4. The van der Waals surface area contributed by atoms with E-state index in [-0.39, 0.29) is 18.9 Å². The number of nitrogens with zero attached hydrogens (tertiary/aromatic N) is 1. The summed E-state index contributed by atoms with van der Waals surface area (Å²) in [7, 11) is 0. The highest BCUT2D eigenvalue weighted by molar-refractivity contribution is 5.95. The number of hydrogen-bond donors (Lipinski definition) is 2. The zero-order valence-corrected chi connectivity index (χ0v) is 11.5. The Morgan fingerprint density at radius 1 is 1.32 bits per heavy atom. The van der Waals surface area contributed by atoms with Gasteiger partial charge in [-0.25, -0.2) is 0 Å². The average Bonchev–Trinajstić information content (AvgIpc) is 2.26. The molecular weight excluding hydrogens is 244 g/mol. The number of carboxylic acids is 1. The predicted molar refractivity (Wildman–Crippen MR) is 73.9 cm³/mol. The number of nitrogens with two attached hydrogens (primary N) is 1. The molecule has 0 heterocycles. The molecule has 0 fully saturated rings. The van der Waals surface area contributed by atoms with Crippen LogP contribution in [0.3, 0.4) is 0 Å². The Kier molecular flexibility index (Phi) is 4.53. The van der Waals surface area contributed by atoms with Gasteiger partial charge in [0, 0.05) is 23.3 Å². The van der Waals surface area contributed by atoms with Gasteiger partial charge in [-0.15, -0.1) is 0 Å². The van der Waals surface area contributed by atoms with Crippen LogP contribution in [0.5, 0.6) is 0 Å². The van der Waals surface area contributed by atoms with Crippen LogP contribution in [0.25, 0.3) is 0 Å². The minimum absolute atomic E-state index is 0.0780. The normalized spacial score (nSPS) is 11.1.